The summed E-state index contributed by atoms with van der Waals surface area (Å²) in [5, 5.41) is 5.45. The van der Waals surface area contributed by atoms with Gasteiger partial charge in [-0.3, -0.25) is 9.13 Å². The molecule has 0 aromatic carbocycles. The third-order valence-electron chi connectivity index (χ3n) is 3.47. The lowest BCUT2D eigenvalue weighted by molar-refractivity contribution is 0.337. The first-order valence-corrected chi connectivity index (χ1v) is 11.0. The van der Waals surface area contributed by atoms with Crippen molar-refractivity contribution in [3.05, 3.63) is 35.2 Å². The molecule has 1 heterocycles. The highest BCUT2D eigenvalue weighted by Gasteiger charge is 2.43. The summed E-state index contributed by atoms with van der Waals surface area (Å²) >= 11 is 0. The van der Waals surface area contributed by atoms with Crippen molar-refractivity contribution in [1.82, 2.24) is 15.0 Å². The van der Waals surface area contributed by atoms with E-state index in [0.29, 0.717) is 6.54 Å². The Balaban J connectivity index is 2.71. The summed E-state index contributed by atoms with van der Waals surface area (Å²) in [6.07, 6.45) is 6.84. The standard InChI is InChI=1S/C14H25N3O6P2/c1-11(2)5-4-6-12(3)7-8-17-10-13(15-16-17)9-14(24(18,19)20)25(21,22)23/h5,7,10,14H,4,6,8-9H2,1-3H3,(H2,18,19,20)(H2,21,22,23). The van der Waals surface area contributed by atoms with Crippen molar-refractivity contribution >= 4 is 15.2 Å². The predicted octanol–water partition coefficient (Wildman–Crippen LogP) is 2.19. The maximum atomic E-state index is 11.3. The highest BCUT2D eigenvalue weighted by atomic mass is 31.2. The van der Waals surface area contributed by atoms with E-state index in [1.165, 1.54) is 16.5 Å². The van der Waals surface area contributed by atoms with Crippen LogP contribution in [0.3, 0.4) is 0 Å². The molecule has 0 spiro atoms. The van der Waals surface area contributed by atoms with Crippen LogP contribution in [0.5, 0.6) is 0 Å². The number of hydrogen-bond donors (Lipinski definition) is 4. The van der Waals surface area contributed by atoms with Crippen LogP contribution in [-0.2, 0) is 22.1 Å². The lowest BCUT2D eigenvalue weighted by atomic mass is 10.1. The third-order valence-corrected chi connectivity index (χ3v) is 7.20. The molecule has 0 aliphatic carbocycles. The van der Waals surface area contributed by atoms with Gasteiger partial charge in [0.15, 0.2) is 5.40 Å². The molecule has 1 aromatic heterocycles. The molecule has 0 bridgehead atoms. The smallest absolute Gasteiger partial charge is 0.324 e. The number of allylic oxidation sites excluding steroid dienone is 4. The van der Waals surface area contributed by atoms with Crippen LogP contribution < -0.4 is 0 Å². The van der Waals surface area contributed by atoms with Crippen molar-refractivity contribution in [3.8, 4) is 0 Å². The maximum absolute atomic E-state index is 11.3. The number of hydrogen-bond acceptors (Lipinski definition) is 4. The predicted molar refractivity (Wildman–Crippen MR) is 94.0 cm³/mol. The summed E-state index contributed by atoms with van der Waals surface area (Å²) in [6, 6.07) is 0. The van der Waals surface area contributed by atoms with Gasteiger partial charge in [0.25, 0.3) is 0 Å². The summed E-state index contributed by atoms with van der Waals surface area (Å²) in [5.41, 5.74) is 2.54. The number of aromatic nitrogens is 3. The Hall–Kier alpha value is -1.08. The Morgan fingerprint density at radius 3 is 2.28 bits per heavy atom. The Morgan fingerprint density at radius 2 is 1.76 bits per heavy atom. The molecule has 9 nitrogen and oxygen atoms in total. The first kappa shape index (κ1) is 22.0. The minimum absolute atomic E-state index is 0.118. The minimum atomic E-state index is -4.96. The van der Waals surface area contributed by atoms with Gasteiger partial charge in [-0.05, 0) is 33.6 Å². The lowest BCUT2D eigenvalue weighted by Gasteiger charge is -2.18. The van der Waals surface area contributed by atoms with Crippen molar-refractivity contribution < 1.29 is 28.7 Å². The zero-order valence-corrected chi connectivity index (χ0v) is 16.3. The fourth-order valence-electron chi connectivity index (χ4n) is 2.08. The third kappa shape index (κ3) is 8.23. The summed E-state index contributed by atoms with van der Waals surface area (Å²) in [7, 11) is -9.93. The van der Waals surface area contributed by atoms with Gasteiger partial charge in [-0.15, -0.1) is 5.10 Å². The van der Waals surface area contributed by atoms with E-state index in [1.807, 2.05) is 26.8 Å². The lowest BCUT2D eigenvalue weighted by Crippen LogP contribution is -2.13. The summed E-state index contributed by atoms with van der Waals surface area (Å²) in [5.74, 6) is 0. The van der Waals surface area contributed by atoms with Gasteiger partial charge in [-0.1, -0.05) is 28.5 Å². The monoisotopic (exact) mass is 393 g/mol. The highest BCUT2D eigenvalue weighted by molar-refractivity contribution is 7.70. The molecule has 0 unspecified atom stereocenters. The van der Waals surface area contributed by atoms with Gasteiger partial charge < -0.3 is 19.6 Å². The van der Waals surface area contributed by atoms with Gasteiger partial charge in [0.2, 0.25) is 0 Å². The average molecular weight is 393 g/mol. The molecular weight excluding hydrogens is 368 g/mol. The molecule has 0 amide bonds. The van der Waals surface area contributed by atoms with Gasteiger partial charge in [0, 0.05) is 12.6 Å². The van der Waals surface area contributed by atoms with Crippen LogP contribution in [0.1, 0.15) is 39.3 Å². The molecule has 0 radical (unpaired) electrons. The molecule has 0 aliphatic heterocycles. The van der Waals surface area contributed by atoms with Crippen LogP contribution in [0.2, 0.25) is 0 Å². The molecule has 0 atom stereocenters. The number of rotatable bonds is 9. The van der Waals surface area contributed by atoms with Gasteiger partial charge in [0.1, 0.15) is 0 Å². The van der Waals surface area contributed by atoms with E-state index in [2.05, 4.69) is 16.4 Å². The van der Waals surface area contributed by atoms with E-state index in [0.717, 1.165) is 18.4 Å². The van der Waals surface area contributed by atoms with E-state index in [4.69, 9.17) is 19.6 Å². The molecular formula is C14H25N3O6P2. The SMILES string of the molecule is CC(C)=CCCC(C)=CCn1cc(CC(P(=O)(O)O)P(=O)(O)O)nn1. The van der Waals surface area contributed by atoms with Gasteiger partial charge in [-0.2, -0.15) is 0 Å². The molecule has 0 aliphatic rings. The van der Waals surface area contributed by atoms with E-state index >= 15 is 0 Å². The molecule has 142 valence electrons. The number of nitrogens with zero attached hydrogens (tertiary/aromatic N) is 3. The molecule has 0 fully saturated rings. The van der Waals surface area contributed by atoms with Crippen molar-refractivity contribution in [1.29, 1.82) is 0 Å². The summed E-state index contributed by atoms with van der Waals surface area (Å²) < 4.78 is 24.0. The molecule has 11 heteroatoms. The van der Waals surface area contributed by atoms with Crippen molar-refractivity contribution in [2.24, 2.45) is 0 Å². The Kier molecular flexibility index (Phi) is 7.93. The normalized spacial score (nSPS) is 13.4. The van der Waals surface area contributed by atoms with Crippen molar-refractivity contribution in [2.45, 2.75) is 52.0 Å². The van der Waals surface area contributed by atoms with E-state index < -0.39 is 27.0 Å². The fraction of sp³-hybridized carbons (Fsp3) is 0.571. The minimum Gasteiger partial charge on any atom is -0.324 e. The molecule has 0 saturated heterocycles. The molecule has 0 saturated carbocycles. The zero-order valence-electron chi connectivity index (χ0n) is 14.5. The Labute approximate surface area is 146 Å². The summed E-state index contributed by atoms with van der Waals surface area (Å²) in [6.45, 7) is 6.50. The first-order valence-electron chi connectivity index (χ1n) is 7.68. The van der Waals surface area contributed by atoms with Crippen LogP contribution in [-0.4, -0.2) is 40.0 Å². The first-order chi connectivity index (χ1) is 11.4. The Bertz CT molecular complexity index is 705. The topological polar surface area (TPSA) is 146 Å². The fourth-order valence-corrected chi connectivity index (χ4v) is 4.50. The Morgan fingerprint density at radius 1 is 1.16 bits per heavy atom. The van der Waals surface area contributed by atoms with E-state index in [9.17, 15) is 9.13 Å². The van der Waals surface area contributed by atoms with Crippen LogP contribution in [0, 0.1) is 0 Å². The second kappa shape index (κ2) is 9.03. The van der Waals surface area contributed by atoms with Crippen LogP contribution >= 0.6 is 15.2 Å². The average Bonchev–Trinajstić information content (AvgIpc) is 2.87. The van der Waals surface area contributed by atoms with Crippen molar-refractivity contribution in [3.63, 3.8) is 0 Å². The molecule has 25 heavy (non-hydrogen) atoms. The van der Waals surface area contributed by atoms with Gasteiger partial charge in [-0.25, -0.2) is 4.68 Å². The van der Waals surface area contributed by atoms with Gasteiger partial charge in [0.05, 0.1) is 12.2 Å². The zero-order chi connectivity index (χ0) is 19.3. The largest absolute Gasteiger partial charge is 0.341 e. The molecule has 4 N–H and O–H groups in total. The highest BCUT2D eigenvalue weighted by Crippen LogP contribution is 2.60. The second-order valence-electron chi connectivity index (χ2n) is 6.17. The second-order valence-corrected chi connectivity index (χ2v) is 10.2. The van der Waals surface area contributed by atoms with Crippen molar-refractivity contribution in [2.75, 3.05) is 0 Å². The van der Waals surface area contributed by atoms with Crippen LogP contribution in [0.15, 0.2) is 29.5 Å². The quantitative estimate of drug-likeness (QED) is 0.369. The molecule has 1 aromatic rings. The van der Waals surface area contributed by atoms with Gasteiger partial charge >= 0.3 is 15.2 Å². The maximum Gasteiger partial charge on any atom is 0.341 e. The van der Waals surface area contributed by atoms with E-state index in [1.54, 1.807) is 0 Å². The van der Waals surface area contributed by atoms with Crippen LogP contribution in [0.4, 0.5) is 0 Å². The molecule has 1 rings (SSSR count). The van der Waals surface area contributed by atoms with E-state index in [-0.39, 0.29) is 5.69 Å². The van der Waals surface area contributed by atoms with Crippen LogP contribution in [0.25, 0.3) is 0 Å². The summed E-state index contributed by atoms with van der Waals surface area (Å²) in [4.78, 5) is 36.5.